The summed E-state index contributed by atoms with van der Waals surface area (Å²) < 4.78 is 0. The number of hydrogen-bond acceptors (Lipinski definition) is 3. The van der Waals surface area contributed by atoms with E-state index in [-0.39, 0.29) is 0 Å². The van der Waals surface area contributed by atoms with E-state index >= 15 is 0 Å². The predicted molar refractivity (Wildman–Crippen MR) is 196 cm³/mol. The molecule has 8 aromatic carbocycles. The molecule has 47 heavy (non-hydrogen) atoms. The molecule has 1 aromatic heterocycles. The van der Waals surface area contributed by atoms with Gasteiger partial charge in [0.25, 0.3) is 0 Å². The lowest BCUT2D eigenvalue weighted by Crippen LogP contribution is -1.99. The summed E-state index contributed by atoms with van der Waals surface area (Å²) in [5.74, 6) is 2.06. The third kappa shape index (κ3) is 5.08. The van der Waals surface area contributed by atoms with Crippen LogP contribution < -0.4 is 0 Å². The van der Waals surface area contributed by atoms with Gasteiger partial charge in [0.1, 0.15) is 5.82 Å². The van der Waals surface area contributed by atoms with Crippen molar-refractivity contribution in [1.29, 1.82) is 0 Å². The molecular weight excluding hydrogens is 571 g/mol. The molecule has 9 rings (SSSR count). The summed E-state index contributed by atoms with van der Waals surface area (Å²) >= 11 is 0. The quantitative estimate of drug-likeness (QED) is 0.202. The van der Waals surface area contributed by atoms with Crippen LogP contribution in [0.3, 0.4) is 0 Å². The smallest absolute Gasteiger partial charge is 0.163 e. The van der Waals surface area contributed by atoms with E-state index in [1.807, 2.05) is 6.92 Å². The van der Waals surface area contributed by atoms with Crippen LogP contribution in [-0.4, -0.2) is 15.0 Å². The molecular formula is C44H29N3. The molecule has 3 heteroatoms. The van der Waals surface area contributed by atoms with E-state index in [2.05, 4.69) is 158 Å². The van der Waals surface area contributed by atoms with E-state index in [1.54, 1.807) is 0 Å². The Labute approximate surface area is 272 Å². The van der Waals surface area contributed by atoms with Gasteiger partial charge < -0.3 is 0 Å². The molecule has 0 amide bonds. The topological polar surface area (TPSA) is 38.7 Å². The first kappa shape index (κ1) is 27.1. The van der Waals surface area contributed by atoms with Crippen molar-refractivity contribution in [2.24, 2.45) is 0 Å². The summed E-state index contributed by atoms with van der Waals surface area (Å²) in [6.07, 6.45) is 0. The lowest BCUT2D eigenvalue weighted by molar-refractivity contribution is 0.992. The molecule has 0 fully saturated rings. The van der Waals surface area contributed by atoms with Gasteiger partial charge in [-0.3, -0.25) is 0 Å². The summed E-state index contributed by atoms with van der Waals surface area (Å²) in [4.78, 5) is 14.4. The Morgan fingerprint density at radius 1 is 0.277 bits per heavy atom. The number of fused-ring (bicyclic) bond motifs is 4. The molecule has 0 spiro atoms. The molecule has 0 saturated carbocycles. The van der Waals surface area contributed by atoms with Crippen molar-refractivity contribution < 1.29 is 0 Å². The fourth-order valence-electron chi connectivity index (χ4n) is 6.61. The van der Waals surface area contributed by atoms with Crippen molar-refractivity contribution in [2.45, 2.75) is 6.92 Å². The Bertz CT molecular complexity index is 2470. The van der Waals surface area contributed by atoms with Crippen molar-refractivity contribution in [3.05, 3.63) is 164 Å². The summed E-state index contributed by atoms with van der Waals surface area (Å²) in [6, 6.07) is 56.4. The second-order valence-electron chi connectivity index (χ2n) is 12.2. The lowest BCUT2D eigenvalue weighted by atomic mass is 9.97. The highest BCUT2D eigenvalue weighted by Gasteiger charge is 2.11. The second kappa shape index (κ2) is 11.0. The highest BCUT2D eigenvalue weighted by atomic mass is 15.0. The van der Waals surface area contributed by atoms with Gasteiger partial charge in [0.15, 0.2) is 11.6 Å². The molecule has 0 aliphatic heterocycles. The van der Waals surface area contributed by atoms with Crippen molar-refractivity contribution in [3.8, 4) is 45.0 Å². The monoisotopic (exact) mass is 599 g/mol. The molecule has 1 heterocycles. The summed E-state index contributed by atoms with van der Waals surface area (Å²) in [7, 11) is 0. The van der Waals surface area contributed by atoms with Crippen LogP contribution in [0, 0.1) is 6.92 Å². The van der Waals surface area contributed by atoms with Gasteiger partial charge in [-0.2, -0.15) is 0 Å². The molecule has 0 aliphatic carbocycles. The third-order valence-corrected chi connectivity index (χ3v) is 9.11. The first-order valence-electron chi connectivity index (χ1n) is 15.9. The molecule has 9 aromatic rings. The van der Waals surface area contributed by atoms with Gasteiger partial charge in [0.05, 0.1) is 0 Å². The molecule has 0 unspecified atom stereocenters. The first-order valence-corrected chi connectivity index (χ1v) is 15.9. The van der Waals surface area contributed by atoms with Crippen molar-refractivity contribution in [2.75, 3.05) is 0 Å². The van der Waals surface area contributed by atoms with Crippen molar-refractivity contribution in [3.63, 3.8) is 0 Å². The van der Waals surface area contributed by atoms with Gasteiger partial charge in [-0.1, -0.05) is 121 Å². The molecule has 220 valence electrons. The van der Waals surface area contributed by atoms with Crippen LogP contribution >= 0.6 is 0 Å². The maximum absolute atomic E-state index is 4.95. The minimum absolute atomic E-state index is 0.680. The molecule has 0 aliphatic rings. The van der Waals surface area contributed by atoms with Crippen LogP contribution in [0.2, 0.25) is 0 Å². The highest BCUT2D eigenvalue weighted by Crippen LogP contribution is 2.32. The molecule has 0 atom stereocenters. The molecule has 0 N–H and O–H groups in total. The van der Waals surface area contributed by atoms with Crippen LogP contribution in [0.15, 0.2) is 158 Å². The second-order valence-corrected chi connectivity index (χ2v) is 12.2. The van der Waals surface area contributed by atoms with Crippen molar-refractivity contribution >= 4 is 43.1 Å². The van der Waals surface area contributed by atoms with Crippen LogP contribution in [0.25, 0.3) is 88.1 Å². The van der Waals surface area contributed by atoms with Gasteiger partial charge in [-0.05, 0) is 109 Å². The Hall–Kier alpha value is -6.19. The normalized spacial score (nSPS) is 11.5. The zero-order chi connectivity index (χ0) is 31.3. The lowest BCUT2D eigenvalue weighted by Gasteiger charge is -2.10. The molecule has 3 nitrogen and oxygen atoms in total. The molecule has 0 bridgehead atoms. The van der Waals surface area contributed by atoms with E-state index in [4.69, 9.17) is 15.0 Å². The van der Waals surface area contributed by atoms with Crippen LogP contribution in [0.1, 0.15) is 5.82 Å². The SMILES string of the molecule is Cc1nc(-c2ccc3cc(-c4ccc5ccccc5c4)ccc3c2)nc(-c2ccc3cc(-c4ccc5ccccc5c4)ccc3c2)n1. The fourth-order valence-corrected chi connectivity index (χ4v) is 6.61. The average Bonchev–Trinajstić information content (AvgIpc) is 3.13. The van der Waals surface area contributed by atoms with E-state index < -0.39 is 0 Å². The summed E-state index contributed by atoms with van der Waals surface area (Å²) in [6.45, 7) is 1.93. The average molecular weight is 600 g/mol. The minimum atomic E-state index is 0.680. The summed E-state index contributed by atoms with van der Waals surface area (Å²) in [5.41, 5.74) is 6.79. The Morgan fingerprint density at radius 2 is 0.553 bits per heavy atom. The standard InChI is InChI=1S/C44H29N3/c1-28-45-43(41-20-18-37-24-35(14-16-39(37)26-41)33-12-10-29-6-2-4-8-31(29)22-33)47-44(46-28)42-21-19-38-25-36(15-17-40(38)27-42)34-13-11-30-7-3-5-9-32(30)23-34/h2-27H,1H3. The maximum atomic E-state index is 4.95. The number of aromatic nitrogens is 3. The fraction of sp³-hybridized carbons (Fsp3) is 0.0227. The number of benzene rings is 8. The summed E-state index contributed by atoms with van der Waals surface area (Å²) in [5, 5.41) is 9.68. The van der Waals surface area contributed by atoms with Gasteiger partial charge in [-0.15, -0.1) is 0 Å². The van der Waals surface area contributed by atoms with Gasteiger partial charge >= 0.3 is 0 Å². The largest absolute Gasteiger partial charge is 0.213 e. The van der Waals surface area contributed by atoms with Crippen LogP contribution in [0.4, 0.5) is 0 Å². The zero-order valence-corrected chi connectivity index (χ0v) is 25.9. The highest BCUT2D eigenvalue weighted by molar-refractivity contribution is 5.94. The number of hydrogen-bond donors (Lipinski definition) is 0. The van der Waals surface area contributed by atoms with E-state index in [9.17, 15) is 0 Å². The van der Waals surface area contributed by atoms with Gasteiger partial charge in [0.2, 0.25) is 0 Å². The van der Waals surface area contributed by atoms with Crippen LogP contribution in [0.5, 0.6) is 0 Å². The Kier molecular flexibility index (Phi) is 6.36. The third-order valence-electron chi connectivity index (χ3n) is 9.11. The van der Waals surface area contributed by atoms with E-state index in [0.29, 0.717) is 17.5 Å². The Morgan fingerprint density at radius 3 is 0.936 bits per heavy atom. The van der Waals surface area contributed by atoms with Gasteiger partial charge in [-0.25, -0.2) is 15.0 Å². The molecule has 0 radical (unpaired) electrons. The van der Waals surface area contributed by atoms with Gasteiger partial charge in [0, 0.05) is 11.1 Å². The number of nitrogens with zero attached hydrogens (tertiary/aromatic N) is 3. The first-order chi connectivity index (χ1) is 23.1. The zero-order valence-electron chi connectivity index (χ0n) is 25.9. The van der Waals surface area contributed by atoms with Crippen LogP contribution in [-0.2, 0) is 0 Å². The minimum Gasteiger partial charge on any atom is -0.213 e. The van der Waals surface area contributed by atoms with E-state index in [0.717, 1.165) is 21.9 Å². The number of aryl methyl sites for hydroxylation is 1. The predicted octanol–water partition coefficient (Wildman–Crippen LogP) is 11.5. The van der Waals surface area contributed by atoms with Crippen molar-refractivity contribution in [1.82, 2.24) is 15.0 Å². The molecule has 0 saturated heterocycles. The Balaban J connectivity index is 1.03. The number of rotatable bonds is 4. The van der Waals surface area contributed by atoms with E-state index in [1.165, 1.54) is 54.6 Å². The maximum Gasteiger partial charge on any atom is 0.163 e.